The van der Waals surface area contributed by atoms with E-state index in [1.807, 2.05) is 4.90 Å². The zero-order valence-electron chi connectivity index (χ0n) is 17.4. The Labute approximate surface area is 172 Å². The molecule has 2 heterocycles. The van der Waals surface area contributed by atoms with Crippen LogP contribution in [0.25, 0.3) is 22.2 Å². The lowest BCUT2D eigenvalue weighted by Crippen LogP contribution is -2.29. The number of amides is 1. The highest BCUT2D eigenvalue weighted by atomic mass is 16.2. The van der Waals surface area contributed by atoms with Gasteiger partial charge in [-0.2, -0.15) is 0 Å². The fourth-order valence-electron chi connectivity index (χ4n) is 4.19. The third-order valence-corrected chi connectivity index (χ3v) is 5.75. The molecule has 1 N–H and O–H groups in total. The molecule has 1 atom stereocenters. The molecular formula is C24H28N4O. The molecule has 1 saturated heterocycles. The zero-order valence-corrected chi connectivity index (χ0v) is 17.4. The first kappa shape index (κ1) is 19.4. The van der Waals surface area contributed by atoms with E-state index in [-0.39, 0.29) is 11.9 Å². The maximum absolute atomic E-state index is 11.6. The molecule has 0 unspecified atom stereocenters. The summed E-state index contributed by atoms with van der Waals surface area (Å²) in [6.45, 7) is 7.58. The Bertz CT molecular complexity index is 1050. The number of aromatic nitrogens is 2. The summed E-state index contributed by atoms with van der Waals surface area (Å²) >= 11 is 0. The Hall–Kier alpha value is -2.95. The van der Waals surface area contributed by atoms with Crippen molar-refractivity contribution in [3.05, 3.63) is 53.9 Å². The maximum Gasteiger partial charge on any atom is 0.219 e. The predicted molar refractivity (Wildman–Crippen MR) is 118 cm³/mol. The van der Waals surface area contributed by atoms with E-state index in [9.17, 15) is 4.79 Å². The van der Waals surface area contributed by atoms with E-state index >= 15 is 0 Å². The number of anilines is 1. The van der Waals surface area contributed by atoms with Gasteiger partial charge in [0.1, 0.15) is 0 Å². The van der Waals surface area contributed by atoms with Gasteiger partial charge in [-0.25, -0.2) is 0 Å². The van der Waals surface area contributed by atoms with Crippen LogP contribution in [0.3, 0.4) is 0 Å². The molecule has 3 aromatic rings. The number of likely N-dealkylation sites (tertiary alicyclic amines) is 1. The highest BCUT2D eigenvalue weighted by molar-refractivity contribution is 5.94. The lowest BCUT2D eigenvalue weighted by atomic mass is 9.96. The fourth-order valence-corrected chi connectivity index (χ4v) is 4.19. The summed E-state index contributed by atoms with van der Waals surface area (Å²) in [5.41, 5.74) is 7.78. The van der Waals surface area contributed by atoms with E-state index in [1.165, 1.54) is 11.1 Å². The molecule has 5 heteroatoms. The molecule has 5 nitrogen and oxygen atoms in total. The van der Waals surface area contributed by atoms with Gasteiger partial charge < -0.3 is 10.2 Å². The van der Waals surface area contributed by atoms with Gasteiger partial charge >= 0.3 is 0 Å². The van der Waals surface area contributed by atoms with Crippen LogP contribution in [0.5, 0.6) is 0 Å². The SMILES string of the molecule is CCCc1ccc(-c2cc(N[C@H]3CCN(C(C)=O)C3)cc3nccnc23)cc1C. The van der Waals surface area contributed by atoms with Gasteiger partial charge in [-0.05, 0) is 48.6 Å². The molecule has 0 spiro atoms. The number of nitrogens with one attached hydrogen (secondary N) is 1. The number of fused-ring (bicyclic) bond motifs is 1. The minimum absolute atomic E-state index is 0.141. The first-order chi connectivity index (χ1) is 14.0. The molecule has 29 heavy (non-hydrogen) atoms. The summed E-state index contributed by atoms with van der Waals surface area (Å²) in [6.07, 6.45) is 6.69. The summed E-state index contributed by atoms with van der Waals surface area (Å²) < 4.78 is 0. The Kier molecular flexibility index (Phi) is 5.47. The molecule has 1 aliphatic rings. The van der Waals surface area contributed by atoms with Crippen molar-refractivity contribution in [3.8, 4) is 11.1 Å². The van der Waals surface area contributed by atoms with E-state index in [0.29, 0.717) is 0 Å². The molecular weight excluding hydrogens is 360 g/mol. The lowest BCUT2D eigenvalue weighted by Gasteiger charge is -2.18. The van der Waals surface area contributed by atoms with Crippen LogP contribution in [0, 0.1) is 6.92 Å². The number of carbonyl (C=O) groups is 1. The molecule has 0 saturated carbocycles. The third-order valence-electron chi connectivity index (χ3n) is 5.75. The quantitative estimate of drug-likeness (QED) is 0.694. The molecule has 1 aliphatic heterocycles. The van der Waals surface area contributed by atoms with Crippen molar-refractivity contribution in [2.75, 3.05) is 18.4 Å². The van der Waals surface area contributed by atoms with Crippen molar-refractivity contribution in [1.29, 1.82) is 0 Å². The number of rotatable bonds is 5. The maximum atomic E-state index is 11.6. The van der Waals surface area contributed by atoms with Crippen LogP contribution in [0.2, 0.25) is 0 Å². The molecule has 0 radical (unpaired) electrons. The van der Waals surface area contributed by atoms with Gasteiger partial charge in [-0.3, -0.25) is 14.8 Å². The van der Waals surface area contributed by atoms with Crippen LogP contribution in [0.1, 0.15) is 37.8 Å². The summed E-state index contributed by atoms with van der Waals surface area (Å²) in [7, 11) is 0. The normalized spacial score (nSPS) is 16.4. The highest BCUT2D eigenvalue weighted by Crippen LogP contribution is 2.32. The molecule has 4 rings (SSSR count). The Morgan fingerprint density at radius 2 is 2.03 bits per heavy atom. The van der Waals surface area contributed by atoms with Crippen LogP contribution >= 0.6 is 0 Å². The predicted octanol–water partition coefficient (Wildman–Crippen LogP) is 4.59. The third kappa shape index (κ3) is 4.09. The van der Waals surface area contributed by atoms with Gasteiger partial charge in [0.25, 0.3) is 0 Å². The van der Waals surface area contributed by atoms with E-state index in [2.05, 4.69) is 59.5 Å². The second-order valence-corrected chi connectivity index (χ2v) is 7.93. The number of hydrogen-bond donors (Lipinski definition) is 1. The molecule has 2 aromatic carbocycles. The van der Waals surface area contributed by atoms with Gasteiger partial charge in [0.2, 0.25) is 5.91 Å². The average molecular weight is 389 g/mol. The molecule has 150 valence electrons. The monoisotopic (exact) mass is 388 g/mol. The standard InChI is InChI=1S/C24H28N4O/c1-4-5-18-6-7-19(12-16(18)2)22-13-21(14-23-24(22)26-10-9-25-23)27-20-8-11-28(15-20)17(3)29/h6-7,9-10,12-14,20,27H,4-5,8,11,15H2,1-3H3/t20-/m0/s1. The first-order valence-corrected chi connectivity index (χ1v) is 10.4. The van der Waals surface area contributed by atoms with Crippen molar-refractivity contribution in [1.82, 2.24) is 14.9 Å². The number of hydrogen-bond acceptors (Lipinski definition) is 4. The van der Waals surface area contributed by atoms with E-state index in [4.69, 9.17) is 0 Å². The molecule has 0 bridgehead atoms. The number of aryl methyl sites for hydroxylation is 2. The number of nitrogens with zero attached hydrogens (tertiary/aromatic N) is 3. The van der Waals surface area contributed by atoms with Gasteiger partial charge in [0, 0.05) is 49.7 Å². The van der Waals surface area contributed by atoms with E-state index < -0.39 is 0 Å². The van der Waals surface area contributed by atoms with Gasteiger partial charge in [-0.1, -0.05) is 31.5 Å². The summed E-state index contributed by atoms with van der Waals surface area (Å²) in [4.78, 5) is 22.7. The van der Waals surface area contributed by atoms with Gasteiger partial charge in [0.15, 0.2) is 0 Å². The van der Waals surface area contributed by atoms with Crippen molar-refractivity contribution < 1.29 is 4.79 Å². The van der Waals surface area contributed by atoms with E-state index in [1.54, 1.807) is 19.3 Å². The fraction of sp³-hybridized carbons (Fsp3) is 0.375. The van der Waals surface area contributed by atoms with E-state index in [0.717, 1.165) is 60.2 Å². The van der Waals surface area contributed by atoms with Crippen molar-refractivity contribution >= 4 is 22.6 Å². The molecule has 1 amide bonds. The minimum atomic E-state index is 0.141. The van der Waals surface area contributed by atoms with Crippen molar-refractivity contribution in [2.45, 2.75) is 46.1 Å². The Morgan fingerprint density at radius 3 is 2.76 bits per heavy atom. The zero-order chi connectivity index (χ0) is 20.4. The van der Waals surface area contributed by atoms with Crippen molar-refractivity contribution in [2.24, 2.45) is 0 Å². The topological polar surface area (TPSA) is 58.1 Å². The molecule has 1 fully saturated rings. The number of benzene rings is 2. The second kappa shape index (κ2) is 8.19. The summed E-state index contributed by atoms with van der Waals surface area (Å²) in [6, 6.07) is 11.2. The Morgan fingerprint density at radius 1 is 1.21 bits per heavy atom. The van der Waals surface area contributed by atoms with Crippen molar-refractivity contribution in [3.63, 3.8) is 0 Å². The summed E-state index contributed by atoms with van der Waals surface area (Å²) in [5.74, 6) is 0.141. The Balaban J connectivity index is 1.70. The van der Waals surface area contributed by atoms with Gasteiger partial charge in [-0.15, -0.1) is 0 Å². The smallest absolute Gasteiger partial charge is 0.219 e. The van der Waals surface area contributed by atoms with Crippen LogP contribution in [-0.4, -0.2) is 39.9 Å². The van der Waals surface area contributed by atoms with Crippen LogP contribution in [-0.2, 0) is 11.2 Å². The molecule has 1 aromatic heterocycles. The number of carbonyl (C=O) groups excluding carboxylic acids is 1. The lowest BCUT2D eigenvalue weighted by molar-refractivity contribution is -0.127. The minimum Gasteiger partial charge on any atom is -0.380 e. The van der Waals surface area contributed by atoms with Crippen LogP contribution < -0.4 is 5.32 Å². The summed E-state index contributed by atoms with van der Waals surface area (Å²) in [5, 5.41) is 3.61. The average Bonchev–Trinajstić information content (AvgIpc) is 3.18. The second-order valence-electron chi connectivity index (χ2n) is 7.93. The highest BCUT2D eigenvalue weighted by Gasteiger charge is 2.24. The first-order valence-electron chi connectivity index (χ1n) is 10.4. The van der Waals surface area contributed by atoms with Crippen LogP contribution in [0.4, 0.5) is 5.69 Å². The van der Waals surface area contributed by atoms with Crippen LogP contribution in [0.15, 0.2) is 42.7 Å². The van der Waals surface area contributed by atoms with Gasteiger partial charge in [0.05, 0.1) is 11.0 Å². The largest absolute Gasteiger partial charge is 0.380 e. The molecule has 0 aliphatic carbocycles.